The predicted octanol–water partition coefficient (Wildman–Crippen LogP) is 3.57. The second-order valence-electron chi connectivity index (χ2n) is 19.2. The minimum absolute atomic E-state index is 0.00183. The Hall–Kier alpha value is -6.14. The summed E-state index contributed by atoms with van der Waals surface area (Å²) in [6.07, 6.45) is 15.2. The van der Waals surface area contributed by atoms with Crippen LogP contribution in [0.1, 0.15) is 173 Å². The molecule has 1 rings (SSSR count). The molecule has 11 N–H and O–H groups in total. The Morgan fingerprint density at radius 2 is 1.07 bits per heavy atom. The first kappa shape index (κ1) is 67.9. The molecule has 0 spiro atoms. The highest BCUT2D eigenvalue weighted by Crippen LogP contribution is 2.18. The van der Waals surface area contributed by atoms with E-state index >= 15 is 0 Å². The lowest BCUT2D eigenvalue weighted by molar-refractivity contribution is -0.145. The van der Waals surface area contributed by atoms with Gasteiger partial charge in [-0.15, -0.1) is 0 Å². The van der Waals surface area contributed by atoms with Crippen LogP contribution in [-0.2, 0) is 68.6 Å². The summed E-state index contributed by atoms with van der Waals surface area (Å²) in [4.78, 5) is 140. The van der Waals surface area contributed by atoms with Gasteiger partial charge in [0, 0.05) is 82.3 Å². The lowest BCUT2D eigenvalue weighted by Crippen LogP contribution is -2.42. The SMILES string of the molecule is CC(=O)[C@H](CCCCNC(=O)CC[C@H](NC(=O)CC[C@H](CC(=O)COCCOCCNC(=O)CC[C@H](NC(=O)CCCCCCCCCCCCCCC(=O)O)C(=O)O)C(=O)O)C(=O)O)CC(=O)[C@@H](N)Cc1cnc[nH]1. The Morgan fingerprint density at radius 1 is 0.553 bits per heavy atom. The molecule has 0 fully saturated rings. The molecule has 4 amide bonds. The van der Waals surface area contributed by atoms with Gasteiger partial charge in [0.25, 0.3) is 0 Å². The molecule has 0 aliphatic rings. The average molecular weight is 1080 g/mol. The van der Waals surface area contributed by atoms with Gasteiger partial charge in [0.05, 0.1) is 38.1 Å². The number of H-pyrrole nitrogens is 1. The van der Waals surface area contributed by atoms with Gasteiger partial charge < -0.3 is 61.9 Å². The van der Waals surface area contributed by atoms with Gasteiger partial charge in [-0.05, 0) is 51.9 Å². The molecule has 0 bridgehead atoms. The number of unbranched alkanes of at least 4 members (excludes halogenated alkanes) is 12. The summed E-state index contributed by atoms with van der Waals surface area (Å²) < 4.78 is 10.6. The number of aliphatic carboxylic acids is 4. The summed E-state index contributed by atoms with van der Waals surface area (Å²) in [5, 5.41) is 47.5. The molecule has 0 aliphatic carbocycles. The maximum absolute atomic E-state index is 12.6. The molecular weight excluding hydrogens is 995 g/mol. The van der Waals surface area contributed by atoms with Crippen molar-refractivity contribution in [3.8, 4) is 0 Å². The summed E-state index contributed by atoms with van der Waals surface area (Å²) in [6, 6.07) is -3.43. The van der Waals surface area contributed by atoms with Crippen LogP contribution in [-0.4, -0.2) is 153 Å². The number of imidazole rings is 1. The highest BCUT2D eigenvalue weighted by molar-refractivity contribution is 5.90. The molecule has 24 heteroatoms. The zero-order valence-electron chi connectivity index (χ0n) is 44.3. The van der Waals surface area contributed by atoms with Crippen molar-refractivity contribution >= 4 is 64.9 Å². The number of carbonyl (C=O) groups excluding carboxylic acids is 7. The van der Waals surface area contributed by atoms with E-state index in [0.717, 1.165) is 70.6 Å². The molecule has 5 atom stereocenters. The molecule has 76 heavy (non-hydrogen) atoms. The van der Waals surface area contributed by atoms with Crippen molar-refractivity contribution in [2.75, 3.05) is 39.5 Å². The number of nitrogens with one attached hydrogen (secondary N) is 5. The lowest BCUT2D eigenvalue weighted by atomic mass is 9.90. The monoisotopic (exact) mass is 1080 g/mol. The molecule has 1 aromatic heterocycles. The summed E-state index contributed by atoms with van der Waals surface area (Å²) in [6.45, 7) is 1.36. The number of nitrogens with zero attached hydrogens (tertiary/aromatic N) is 1. The normalized spacial score (nSPS) is 13.1. The molecule has 430 valence electrons. The summed E-state index contributed by atoms with van der Waals surface area (Å²) in [5.74, 6) is -9.53. The van der Waals surface area contributed by atoms with Crippen molar-refractivity contribution < 1.29 is 82.6 Å². The lowest BCUT2D eigenvalue weighted by Gasteiger charge is -2.17. The van der Waals surface area contributed by atoms with Crippen LogP contribution in [0.5, 0.6) is 0 Å². The second-order valence-corrected chi connectivity index (χ2v) is 19.2. The fourth-order valence-corrected chi connectivity index (χ4v) is 8.06. The minimum Gasteiger partial charge on any atom is -0.481 e. The molecule has 0 saturated heterocycles. The number of amides is 4. The number of ether oxygens (including phenoxy) is 2. The molecule has 24 nitrogen and oxygen atoms in total. The highest BCUT2D eigenvalue weighted by atomic mass is 16.5. The van der Waals surface area contributed by atoms with Crippen LogP contribution in [0.25, 0.3) is 0 Å². The zero-order valence-corrected chi connectivity index (χ0v) is 44.3. The van der Waals surface area contributed by atoms with E-state index in [-0.39, 0.29) is 108 Å². The number of carbonyl (C=O) groups is 11. The number of rotatable bonds is 50. The topological polar surface area (TPSA) is 390 Å². The first-order chi connectivity index (χ1) is 36.3. The average Bonchev–Trinajstić information content (AvgIpc) is 3.88. The summed E-state index contributed by atoms with van der Waals surface area (Å²) in [5.41, 5.74) is 6.72. The predicted molar refractivity (Wildman–Crippen MR) is 275 cm³/mol. The molecule has 1 heterocycles. The molecule has 0 unspecified atom stereocenters. The third-order valence-electron chi connectivity index (χ3n) is 12.6. The van der Waals surface area contributed by atoms with E-state index in [9.17, 15) is 68.1 Å². The maximum Gasteiger partial charge on any atom is 0.326 e. The van der Waals surface area contributed by atoms with E-state index < -0.39 is 96.8 Å². The van der Waals surface area contributed by atoms with Crippen molar-refractivity contribution in [1.82, 2.24) is 31.2 Å². The molecular formula is C52H85N7O17. The van der Waals surface area contributed by atoms with E-state index in [2.05, 4.69) is 31.2 Å². The fraction of sp³-hybridized carbons (Fsp3) is 0.731. The smallest absolute Gasteiger partial charge is 0.326 e. The van der Waals surface area contributed by atoms with E-state index in [0.29, 0.717) is 31.4 Å². The summed E-state index contributed by atoms with van der Waals surface area (Å²) >= 11 is 0. The van der Waals surface area contributed by atoms with Gasteiger partial charge >= 0.3 is 23.9 Å². The third kappa shape index (κ3) is 35.9. The van der Waals surface area contributed by atoms with E-state index in [1.54, 1.807) is 6.20 Å². The number of aromatic amines is 1. The van der Waals surface area contributed by atoms with E-state index in [1.165, 1.54) is 13.3 Å². The van der Waals surface area contributed by atoms with Gasteiger partial charge in [0.1, 0.15) is 24.5 Å². The van der Waals surface area contributed by atoms with Crippen molar-refractivity contribution in [3.63, 3.8) is 0 Å². The third-order valence-corrected chi connectivity index (χ3v) is 12.6. The highest BCUT2D eigenvalue weighted by Gasteiger charge is 2.26. The van der Waals surface area contributed by atoms with Crippen molar-refractivity contribution in [2.45, 2.75) is 192 Å². The first-order valence-corrected chi connectivity index (χ1v) is 26.7. The van der Waals surface area contributed by atoms with Crippen LogP contribution < -0.4 is 27.0 Å². The van der Waals surface area contributed by atoms with Crippen molar-refractivity contribution in [3.05, 3.63) is 18.2 Å². The van der Waals surface area contributed by atoms with E-state index in [4.69, 9.17) is 20.3 Å². The second kappa shape index (κ2) is 42.0. The number of Topliss-reactive ketones (excluding diaryl/α,β-unsaturated/α-hetero) is 3. The summed E-state index contributed by atoms with van der Waals surface area (Å²) in [7, 11) is 0. The van der Waals surface area contributed by atoms with Crippen LogP contribution >= 0.6 is 0 Å². The number of nitrogens with two attached hydrogens (primary N) is 1. The largest absolute Gasteiger partial charge is 0.481 e. The van der Waals surface area contributed by atoms with E-state index in [1.807, 2.05) is 0 Å². The van der Waals surface area contributed by atoms with Crippen LogP contribution in [0.3, 0.4) is 0 Å². The molecule has 1 aromatic rings. The van der Waals surface area contributed by atoms with Crippen LogP contribution in [0, 0.1) is 11.8 Å². The molecule has 0 radical (unpaired) electrons. The fourth-order valence-electron chi connectivity index (χ4n) is 8.06. The van der Waals surface area contributed by atoms with Crippen molar-refractivity contribution in [2.24, 2.45) is 17.6 Å². The number of aromatic nitrogens is 2. The molecule has 0 saturated carbocycles. The Bertz CT molecular complexity index is 1930. The maximum atomic E-state index is 12.6. The molecule has 0 aliphatic heterocycles. The van der Waals surface area contributed by atoms with Crippen LogP contribution in [0.15, 0.2) is 12.5 Å². The standard InChI is InChI=1S/C52H85N7O17/c1-36(60)37(31-44(62)41(53)32-39-33-54-35-57-39)16-14-15-25-55-45(63)23-20-43(52(73)74)59-48(66)22-19-38(50(69)70)30-40(61)34-76-29-28-75-27-26-56-46(64)24-21-42(51(71)72)58-47(65)17-12-10-8-6-4-2-3-5-7-9-11-13-18-49(67)68/h33,35,37-38,41-43H,2-32,34,53H2,1H3,(H,54,57)(H,55,63)(H,56,64)(H,58,65)(H,59,66)(H,67,68)(H,69,70)(H,71,72)(H,73,74)/t37-,38-,41+,42+,43+/m1/s1. The first-order valence-electron chi connectivity index (χ1n) is 26.7. The Labute approximate surface area is 444 Å². The Balaban J connectivity index is 2.20. The Morgan fingerprint density at radius 3 is 1.58 bits per heavy atom. The number of carboxylic acids is 4. The van der Waals surface area contributed by atoms with Gasteiger partial charge in [0.15, 0.2) is 11.6 Å². The van der Waals surface area contributed by atoms with Crippen LogP contribution in [0.2, 0.25) is 0 Å². The number of carboxylic acid groups (broad SMARTS) is 4. The van der Waals surface area contributed by atoms with Crippen LogP contribution in [0.4, 0.5) is 0 Å². The van der Waals surface area contributed by atoms with Gasteiger partial charge in [-0.2, -0.15) is 0 Å². The number of ketones is 3. The van der Waals surface area contributed by atoms with Crippen molar-refractivity contribution in [1.29, 1.82) is 0 Å². The van der Waals surface area contributed by atoms with Gasteiger partial charge in [-0.1, -0.05) is 70.6 Å². The number of hydrogen-bond acceptors (Lipinski definition) is 15. The zero-order chi connectivity index (χ0) is 56.5. The Kier molecular flexibility index (Phi) is 37.5. The quantitative estimate of drug-likeness (QED) is 0.0417. The van der Waals surface area contributed by atoms with Gasteiger partial charge in [-0.25, -0.2) is 14.6 Å². The number of hydrogen-bond donors (Lipinski definition) is 10. The minimum atomic E-state index is -1.44. The molecule has 0 aromatic carbocycles. The van der Waals surface area contributed by atoms with Gasteiger partial charge in [0.2, 0.25) is 23.6 Å². The van der Waals surface area contributed by atoms with Gasteiger partial charge in [-0.3, -0.25) is 43.2 Å².